The molecule has 0 spiro atoms. The van der Waals surface area contributed by atoms with Crippen molar-refractivity contribution in [2.75, 3.05) is 20.2 Å². The van der Waals surface area contributed by atoms with Crippen LogP contribution in [0.3, 0.4) is 0 Å². The van der Waals surface area contributed by atoms with Crippen LogP contribution in [0.25, 0.3) is 5.82 Å². The predicted octanol–water partition coefficient (Wildman–Crippen LogP) is 2.35. The van der Waals surface area contributed by atoms with Gasteiger partial charge in [0.25, 0.3) is 5.91 Å². The smallest absolute Gasteiger partial charge is 0.257 e. The molecule has 7 heteroatoms. The minimum atomic E-state index is 0.0583. The van der Waals surface area contributed by atoms with Gasteiger partial charge in [-0.2, -0.15) is 5.10 Å². The average molecular weight is 343 g/mol. The van der Waals surface area contributed by atoms with E-state index in [4.69, 9.17) is 4.74 Å². The molecule has 25 heavy (non-hydrogen) atoms. The fourth-order valence-electron chi connectivity index (χ4n) is 3.62. The molecular weight excluding hydrogens is 318 g/mol. The fraction of sp³-hybridized carbons (Fsp3) is 0.556. The summed E-state index contributed by atoms with van der Waals surface area (Å²) < 4.78 is 6.73. The molecule has 0 aliphatic carbocycles. The highest BCUT2D eigenvalue weighted by Crippen LogP contribution is 2.24. The number of amides is 1. The zero-order valence-corrected chi connectivity index (χ0v) is 15.3. The maximum atomic E-state index is 13.0. The van der Waals surface area contributed by atoms with E-state index in [0.717, 1.165) is 18.8 Å². The maximum Gasteiger partial charge on any atom is 0.257 e. The molecule has 0 unspecified atom stereocenters. The van der Waals surface area contributed by atoms with Crippen LogP contribution in [0, 0.1) is 11.8 Å². The summed E-state index contributed by atoms with van der Waals surface area (Å²) in [6.07, 6.45) is 3.51. The monoisotopic (exact) mass is 343 g/mol. The summed E-state index contributed by atoms with van der Waals surface area (Å²) in [6, 6.07) is 3.52. The van der Waals surface area contributed by atoms with Crippen LogP contribution in [0.5, 0.6) is 5.88 Å². The van der Waals surface area contributed by atoms with Gasteiger partial charge >= 0.3 is 0 Å². The van der Waals surface area contributed by atoms with Crippen molar-refractivity contribution in [3.8, 4) is 11.7 Å². The van der Waals surface area contributed by atoms with Crippen molar-refractivity contribution >= 4 is 5.91 Å². The van der Waals surface area contributed by atoms with E-state index < -0.39 is 0 Å². The van der Waals surface area contributed by atoms with Crippen LogP contribution in [-0.2, 0) is 6.42 Å². The number of aromatic nitrogens is 4. The molecule has 2 atom stereocenters. The van der Waals surface area contributed by atoms with Crippen molar-refractivity contribution in [3.63, 3.8) is 0 Å². The Labute approximate surface area is 148 Å². The summed E-state index contributed by atoms with van der Waals surface area (Å²) in [4.78, 5) is 15.0. The summed E-state index contributed by atoms with van der Waals surface area (Å²) in [5, 5.41) is 12.5. The number of piperidine rings is 1. The number of likely N-dealkylation sites (tertiary alicyclic amines) is 1. The number of carbonyl (C=O) groups is 1. The molecule has 3 heterocycles. The van der Waals surface area contributed by atoms with Crippen molar-refractivity contribution in [2.24, 2.45) is 11.8 Å². The first-order chi connectivity index (χ1) is 12.0. The van der Waals surface area contributed by atoms with Gasteiger partial charge < -0.3 is 9.64 Å². The molecule has 1 aliphatic heterocycles. The van der Waals surface area contributed by atoms with E-state index in [9.17, 15) is 4.79 Å². The van der Waals surface area contributed by atoms with Gasteiger partial charge in [-0.3, -0.25) is 4.79 Å². The van der Waals surface area contributed by atoms with Gasteiger partial charge in [0.2, 0.25) is 5.88 Å². The Hall–Kier alpha value is -2.44. The zero-order chi connectivity index (χ0) is 18.0. The van der Waals surface area contributed by atoms with Gasteiger partial charge in [0.15, 0.2) is 5.82 Å². The number of carbonyl (C=O) groups excluding carboxylic acids is 1. The van der Waals surface area contributed by atoms with E-state index in [1.807, 2.05) is 11.8 Å². The third-order valence-electron chi connectivity index (χ3n) is 4.64. The molecule has 1 fully saturated rings. The van der Waals surface area contributed by atoms with Gasteiger partial charge in [-0.25, -0.2) is 4.68 Å². The first kappa shape index (κ1) is 17.4. The number of rotatable bonds is 4. The van der Waals surface area contributed by atoms with E-state index in [1.54, 1.807) is 30.1 Å². The molecule has 0 N–H and O–H groups in total. The number of hydrogen-bond acceptors (Lipinski definition) is 5. The summed E-state index contributed by atoms with van der Waals surface area (Å²) >= 11 is 0. The Morgan fingerprint density at radius 1 is 1.24 bits per heavy atom. The Morgan fingerprint density at radius 2 is 1.96 bits per heavy atom. The van der Waals surface area contributed by atoms with Gasteiger partial charge in [0.05, 0.1) is 24.6 Å². The second-order valence-corrected chi connectivity index (χ2v) is 6.86. The summed E-state index contributed by atoms with van der Waals surface area (Å²) in [5.74, 6) is 2.14. The van der Waals surface area contributed by atoms with Crippen molar-refractivity contribution in [1.29, 1.82) is 0 Å². The number of methoxy groups -OCH3 is 1. The SMILES string of the molecule is CCc1c(C(=O)N2C[C@H](C)C[C@@H](C)C2)cnn1-c1ccc(OC)nn1. The molecule has 1 amide bonds. The number of ether oxygens (including phenoxy) is 1. The second-order valence-electron chi connectivity index (χ2n) is 6.86. The molecule has 0 aromatic carbocycles. The standard InChI is InChI=1S/C18H25N5O2/c1-5-15-14(18(24)22-10-12(2)8-13(3)11-22)9-19-23(15)16-6-7-17(25-4)21-20-16/h6-7,9,12-13H,5,8,10-11H2,1-4H3/t12-,13-/m1/s1. The zero-order valence-electron chi connectivity index (χ0n) is 15.3. The van der Waals surface area contributed by atoms with Crippen LogP contribution < -0.4 is 4.74 Å². The molecule has 2 aromatic heterocycles. The minimum Gasteiger partial charge on any atom is -0.480 e. The van der Waals surface area contributed by atoms with Gasteiger partial charge in [-0.05, 0) is 30.7 Å². The minimum absolute atomic E-state index is 0.0583. The van der Waals surface area contributed by atoms with E-state index >= 15 is 0 Å². The highest BCUT2D eigenvalue weighted by molar-refractivity contribution is 5.95. The second kappa shape index (κ2) is 7.21. The highest BCUT2D eigenvalue weighted by atomic mass is 16.5. The molecule has 0 bridgehead atoms. The van der Waals surface area contributed by atoms with Crippen LogP contribution in [0.1, 0.15) is 43.2 Å². The van der Waals surface area contributed by atoms with Crippen LogP contribution >= 0.6 is 0 Å². The van der Waals surface area contributed by atoms with Gasteiger partial charge in [0, 0.05) is 19.2 Å². The van der Waals surface area contributed by atoms with Gasteiger partial charge in [0.1, 0.15) is 0 Å². The fourth-order valence-corrected chi connectivity index (χ4v) is 3.62. The Bertz CT molecular complexity index is 730. The lowest BCUT2D eigenvalue weighted by Crippen LogP contribution is -2.42. The van der Waals surface area contributed by atoms with Crippen molar-refractivity contribution in [3.05, 3.63) is 29.6 Å². The van der Waals surface area contributed by atoms with Crippen LogP contribution in [0.15, 0.2) is 18.3 Å². The average Bonchev–Trinajstić information content (AvgIpc) is 3.04. The Balaban J connectivity index is 1.89. The molecule has 2 aromatic rings. The van der Waals surface area contributed by atoms with E-state index in [2.05, 4.69) is 29.1 Å². The number of nitrogens with zero attached hydrogens (tertiary/aromatic N) is 5. The van der Waals surface area contributed by atoms with Crippen LogP contribution in [0.2, 0.25) is 0 Å². The first-order valence-electron chi connectivity index (χ1n) is 8.77. The van der Waals surface area contributed by atoms with Crippen molar-refractivity contribution in [2.45, 2.75) is 33.6 Å². The molecule has 0 radical (unpaired) electrons. The predicted molar refractivity (Wildman–Crippen MR) is 93.9 cm³/mol. The lowest BCUT2D eigenvalue weighted by Gasteiger charge is -2.35. The molecular formula is C18H25N5O2. The molecule has 0 saturated carbocycles. The normalized spacial score (nSPS) is 20.6. The van der Waals surface area contributed by atoms with E-state index in [0.29, 0.717) is 35.5 Å². The van der Waals surface area contributed by atoms with E-state index in [-0.39, 0.29) is 5.91 Å². The quantitative estimate of drug-likeness (QED) is 0.852. The lowest BCUT2D eigenvalue weighted by atomic mass is 9.91. The largest absolute Gasteiger partial charge is 0.480 e. The Kier molecular flexibility index (Phi) is 5.01. The van der Waals surface area contributed by atoms with Crippen molar-refractivity contribution < 1.29 is 9.53 Å². The third kappa shape index (κ3) is 3.50. The highest BCUT2D eigenvalue weighted by Gasteiger charge is 2.28. The van der Waals surface area contributed by atoms with Crippen LogP contribution in [-0.4, -0.2) is 51.0 Å². The molecule has 1 saturated heterocycles. The molecule has 1 aliphatic rings. The summed E-state index contributed by atoms with van der Waals surface area (Å²) in [6.45, 7) is 8.03. The van der Waals surface area contributed by atoms with Crippen LogP contribution in [0.4, 0.5) is 0 Å². The first-order valence-corrected chi connectivity index (χ1v) is 8.77. The molecule has 3 rings (SSSR count). The van der Waals surface area contributed by atoms with Gasteiger partial charge in [-0.1, -0.05) is 20.8 Å². The molecule has 7 nitrogen and oxygen atoms in total. The summed E-state index contributed by atoms with van der Waals surface area (Å²) in [5.41, 5.74) is 1.51. The van der Waals surface area contributed by atoms with Crippen molar-refractivity contribution in [1.82, 2.24) is 24.9 Å². The Morgan fingerprint density at radius 3 is 2.52 bits per heavy atom. The molecule has 134 valence electrons. The maximum absolute atomic E-state index is 13.0. The topological polar surface area (TPSA) is 73.1 Å². The third-order valence-corrected chi connectivity index (χ3v) is 4.64. The van der Waals surface area contributed by atoms with Gasteiger partial charge in [-0.15, -0.1) is 10.2 Å². The summed E-state index contributed by atoms with van der Waals surface area (Å²) in [7, 11) is 1.55. The number of hydrogen-bond donors (Lipinski definition) is 0. The van der Waals surface area contributed by atoms with E-state index in [1.165, 1.54) is 6.42 Å². The lowest BCUT2D eigenvalue weighted by molar-refractivity contribution is 0.0622.